The van der Waals surface area contributed by atoms with Crippen molar-refractivity contribution in [3.05, 3.63) is 47.9 Å². The summed E-state index contributed by atoms with van der Waals surface area (Å²) < 4.78 is 53.7. The SMILES string of the molecule is O=C(O)Nc1sc(-c2c(F)cccc2F)nc1C(=O)Nc1cnn(CC(F)F)c1. The van der Waals surface area contributed by atoms with Crippen molar-refractivity contribution in [3.8, 4) is 10.6 Å². The molecule has 2 aromatic heterocycles. The van der Waals surface area contributed by atoms with Gasteiger partial charge in [0.15, 0.2) is 5.69 Å². The average molecular weight is 429 g/mol. The van der Waals surface area contributed by atoms with Crippen LogP contribution < -0.4 is 10.6 Å². The highest BCUT2D eigenvalue weighted by molar-refractivity contribution is 7.19. The second-order valence-corrected chi connectivity index (χ2v) is 6.52. The van der Waals surface area contributed by atoms with Gasteiger partial charge in [0.2, 0.25) is 0 Å². The molecule has 1 aromatic carbocycles. The maximum atomic E-state index is 14.0. The summed E-state index contributed by atoms with van der Waals surface area (Å²) in [5.74, 6) is -2.81. The smallest absolute Gasteiger partial charge is 0.409 e. The summed E-state index contributed by atoms with van der Waals surface area (Å²) in [6.07, 6.45) is -1.93. The van der Waals surface area contributed by atoms with E-state index in [0.29, 0.717) is 11.3 Å². The Balaban J connectivity index is 1.92. The van der Waals surface area contributed by atoms with Gasteiger partial charge in [-0.25, -0.2) is 27.3 Å². The first-order chi connectivity index (χ1) is 13.7. The van der Waals surface area contributed by atoms with Crippen molar-refractivity contribution in [1.82, 2.24) is 14.8 Å². The summed E-state index contributed by atoms with van der Waals surface area (Å²) >= 11 is 0.558. The van der Waals surface area contributed by atoms with Crippen LogP contribution in [0.2, 0.25) is 0 Å². The van der Waals surface area contributed by atoms with Crippen molar-refractivity contribution < 1.29 is 32.3 Å². The topological polar surface area (TPSA) is 109 Å². The third-order valence-electron chi connectivity index (χ3n) is 3.46. The molecule has 3 N–H and O–H groups in total. The number of alkyl halides is 2. The van der Waals surface area contributed by atoms with Gasteiger partial charge in [0.25, 0.3) is 12.3 Å². The predicted octanol–water partition coefficient (Wildman–Crippen LogP) is 3.89. The molecule has 0 unspecified atom stereocenters. The van der Waals surface area contributed by atoms with Crippen LogP contribution in [0.15, 0.2) is 30.6 Å². The lowest BCUT2D eigenvalue weighted by Gasteiger charge is -2.02. The van der Waals surface area contributed by atoms with Gasteiger partial charge in [0.1, 0.15) is 28.2 Å². The zero-order valence-corrected chi connectivity index (χ0v) is 15.0. The number of anilines is 2. The van der Waals surface area contributed by atoms with Gasteiger partial charge in [-0.2, -0.15) is 5.10 Å². The molecule has 0 fully saturated rings. The van der Waals surface area contributed by atoms with Gasteiger partial charge in [-0.3, -0.25) is 14.8 Å². The normalized spacial score (nSPS) is 10.9. The lowest BCUT2D eigenvalue weighted by atomic mass is 10.2. The molecule has 0 aliphatic rings. The first-order valence-corrected chi connectivity index (χ1v) is 8.63. The van der Waals surface area contributed by atoms with E-state index in [9.17, 15) is 27.2 Å². The van der Waals surface area contributed by atoms with Crippen molar-refractivity contribution in [2.45, 2.75) is 13.0 Å². The highest BCUT2D eigenvalue weighted by Gasteiger charge is 2.24. The number of rotatable bonds is 6. The van der Waals surface area contributed by atoms with E-state index < -0.39 is 47.9 Å². The van der Waals surface area contributed by atoms with Crippen LogP contribution in [0.25, 0.3) is 10.6 Å². The molecule has 0 radical (unpaired) electrons. The monoisotopic (exact) mass is 429 g/mol. The van der Waals surface area contributed by atoms with Crippen molar-refractivity contribution in [3.63, 3.8) is 0 Å². The molecule has 0 aliphatic carbocycles. The molecule has 0 aliphatic heterocycles. The van der Waals surface area contributed by atoms with Crippen LogP contribution in [0, 0.1) is 11.6 Å². The molecular weight excluding hydrogens is 418 g/mol. The fourth-order valence-corrected chi connectivity index (χ4v) is 3.33. The lowest BCUT2D eigenvalue weighted by Crippen LogP contribution is -2.16. The number of amides is 2. The summed E-state index contributed by atoms with van der Waals surface area (Å²) in [6, 6.07) is 3.12. The van der Waals surface area contributed by atoms with Gasteiger partial charge in [-0.15, -0.1) is 0 Å². The van der Waals surface area contributed by atoms with Crippen molar-refractivity contribution >= 4 is 34.0 Å². The number of carbonyl (C=O) groups is 2. The molecule has 0 bridgehead atoms. The highest BCUT2D eigenvalue weighted by Crippen LogP contribution is 2.35. The maximum absolute atomic E-state index is 14.0. The maximum Gasteiger partial charge on any atom is 0.409 e. The number of halogens is 4. The van der Waals surface area contributed by atoms with Crippen LogP contribution in [0.5, 0.6) is 0 Å². The Morgan fingerprint density at radius 1 is 1.21 bits per heavy atom. The van der Waals surface area contributed by atoms with E-state index in [1.165, 1.54) is 0 Å². The number of nitrogens with zero attached hydrogens (tertiary/aromatic N) is 3. The third kappa shape index (κ3) is 4.68. The number of aromatic nitrogens is 3. The van der Waals surface area contributed by atoms with Crippen molar-refractivity contribution in [2.24, 2.45) is 0 Å². The molecule has 0 saturated carbocycles. The first-order valence-electron chi connectivity index (χ1n) is 7.81. The number of nitrogens with one attached hydrogen (secondary N) is 2. The molecule has 13 heteroatoms. The minimum atomic E-state index is -2.65. The number of carbonyl (C=O) groups excluding carboxylic acids is 1. The Kier molecular flexibility index (Phi) is 5.77. The molecule has 3 rings (SSSR count). The van der Waals surface area contributed by atoms with Gasteiger partial charge in [-0.1, -0.05) is 17.4 Å². The molecule has 8 nitrogen and oxygen atoms in total. The quantitative estimate of drug-likeness (QED) is 0.515. The number of hydrogen-bond acceptors (Lipinski definition) is 5. The minimum Gasteiger partial charge on any atom is -0.465 e. The van der Waals surface area contributed by atoms with Gasteiger partial charge in [-0.05, 0) is 12.1 Å². The summed E-state index contributed by atoms with van der Waals surface area (Å²) in [5, 5.41) is 16.3. The van der Waals surface area contributed by atoms with E-state index in [1.807, 2.05) is 5.32 Å². The van der Waals surface area contributed by atoms with Crippen LogP contribution >= 0.6 is 11.3 Å². The minimum absolute atomic E-state index is 0.0450. The molecule has 3 aromatic rings. The number of hydrogen-bond donors (Lipinski definition) is 3. The van der Waals surface area contributed by atoms with E-state index in [2.05, 4.69) is 15.4 Å². The summed E-state index contributed by atoms with van der Waals surface area (Å²) in [4.78, 5) is 27.3. The second-order valence-electron chi connectivity index (χ2n) is 5.52. The Morgan fingerprint density at radius 2 is 1.90 bits per heavy atom. The largest absolute Gasteiger partial charge is 0.465 e. The second kappa shape index (κ2) is 8.26. The Bertz CT molecular complexity index is 1050. The fraction of sp³-hybridized carbons (Fsp3) is 0.125. The zero-order chi connectivity index (χ0) is 21.1. The average Bonchev–Trinajstić information content (AvgIpc) is 3.21. The molecule has 2 amide bonds. The number of thiazole rings is 1. The Labute approximate surface area is 163 Å². The van der Waals surface area contributed by atoms with E-state index in [4.69, 9.17) is 5.11 Å². The third-order valence-corrected chi connectivity index (χ3v) is 4.44. The van der Waals surface area contributed by atoms with Crippen LogP contribution in [0.4, 0.5) is 33.0 Å². The molecule has 0 atom stereocenters. The number of benzene rings is 1. The molecule has 152 valence electrons. The van der Waals surface area contributed by atoms with E-state index in [1.54, 1.807) is 0 Å². The van der Waals surface area contributed by atoms with Crippen LogP contribution in [0.3, 0.4) is 0 Å². The van der Waals surface area contributed by atoms with Gasteiger partial charge >= 0.3 is 6.09 Å². The Hall–Kier alpha value is -3.48. The zero-order valence-electron chi connectivity index (χ0n) is 14.2. The van der Waals surface area contributed by atoms with Gasteiger partial charge in [0.05, 0.1) is 17.4 Å². The van der Waals surface area contributed by atoms with E-state index >= 15 is 0 Å². The predicted molar refractivity (Wildman–Crippen MR) is 95.3 cm³/mol. The molecule has 0 spiro atoms. The summed E-state index contributed by atoms with van der Waals surface area (Å²) in [7, 11) is 0. The van der Waals surface area contributed by atoms with Crippen molar-refractivity contribution in [2.75, 3.05) is 10.6 Å². The van der Waals surface area contributed by atoms with Gasteiger partial charge in [0, 0.05) is 6.20 Å². The van der Waals surface area contributed by atoms with Gasteiger partial charge < -0.3 is 10.4 Å². The van der Waals surface area contributed by atoms with Crippen LogP contribution in [-0.4, -0.2) is 38.3 Å². The Morgan fingerprint density at radius 3 is 2.52 bits per heavy atom. The summed E-state index contributed by atoms with van der Waals surface area (Å²) in [5.41, 5.74) is -0.921. The molecule has 29 heavy (non-hydrogen) atoms. The highest BCUT2D eigenvalue weighted by atomic mass is 32.1. The first kappa shape index (κ1) is 20.3. The fourth-order valence-electron chi connectivity index (χ4n) is 2.32. The van der Waals surface area contributed by atoms with Crippen LogP contribution in [0.1, 0.15) is 10.5 Å². The molecular formula is C16H11F4N5O3S. The molecule has 0 saturated heterocycles. The van der Waals surface area contributed by atoms with Crippen molar-refractivity contribution in [1.29, 1.82) is 0 Å². The van der Waals surface area contributed by atoms with E-state index in [-0.39, 0.29) is 15.7 Å². The standard InChI is InChI=1S/C16H11F4N5O3S/c17-8-2-1-3-9(18)11(8)14-23-12(15(29-14)24-16(27)28)13(26)22-7-4-21-25(5-7)6-10(19)20/h1-5,10,24H,6H2,(H,22,26)(H,27,28). The molecule has 2 heterocycles. The lowest BCUT2D eigenvalue weighted by molar-refractivity contribution is 0.102. The summed E-state index contributed by atoms with van der Waals surface area (Å²) in [6.45, 7) is -0.685. The van der Waals surface area contributed by atoms with E-state index in [0.717, 1.165) is 35.3 Å². The number of carboxylic acid groups (broad SMARTS) is 1. The van der Waals surface area contributed by atoms with Crippen LogP contribution in [-0.2, 0) is 6.54 Å².